The lowest BCUT2D eigenvalue weighted by molar-refractivity contribution is 0.619. The fourth-order valence-electron chi connectivity index (χ4n) is 1.97. The second kappa shape index (κ2) is 4.20. The van der Waals surface area contributed by atoms with Gasteiger partial charge in [-0.1, -0.05) is 12.1 Å². The van der Waals surface area contributed by atoms with Crippen LogP contribution in [0.1, 0.15) is 16.1 Å². The van der Waals surface area contributed by atoms with Crippen molar-refractivity contribution < 1.29 is 4.39 Å². The van der Waals surface area contributed by atoms with Gasteiger partial charge >= 0.3 is 0 Å². The summed E-state index contributed by atoms with van der Waals surface area (Å²) in [6.07, 6.45) is 0.972. The molecule has 0 amide bonds. The Morgan fingerprint density at radius 3 is 3.06 bits per heavy atom. The molecule has 2 heterocycles. The summed E-state index contributed by atoms with van der Waals surface area (Å²) in [5, 5.41) is 4.25. The summed E-state index contributed by atoms with van der Waals surface area (Å²) in [6, 6.07) is 5.33. The van der Waals surface area contributed by atoms with E-state index in [1.807, 2.05) is 12.1 Å². The quantitative estimate of drug-likeness (QED) is 0.839. The van der Waals surface area contributed by atoms with E-state index >= 15 is 0 Å². The molecule has 0 saturated heterocycles. The standard InChI is InChI=1S/C13H13FN2S/c1-8-2-3-9(6-10(8)14)13-16-11-4-5-15-7-12(11)17-13/h2-3,6,15H,4-5,7H2,1H3. The van der Waals surface area contributed by atoms with Gasteiger partial charge in [-0.05, 0) is 18.6 Å². The Morgan fingerprint density at radius 1 is 1.41 bits per heavy atom. The van der Waals surface area contributed by atoms with Crippen LogP contribution in [0, 0.1) is 12.7 Å². The van der Waals surface area contributed by atoms with Gasteiger partial charge in [-0.25, -0.2) is 9.37 Å². The van der Waals surface area contributed by atoms with Gasteiger partial charge in [-0.3, -0.25) is 0 Å². The van der Waals surface area contributed by atoms with Crippen LogP contribution in [-0.4, -0.2) is 11.5 Å². The average Bonchev–Trinajstić information content (AvgIpc) is 2.76. The molecular formula is C13H13FN2S. The number of aromatic nitrogens is 1. The molecule has 1 N–H and O–H groups in total. The zero-order valence-corrected chi connectivity index (χ0v) is 10.4. The Bertz CT molecular complexity index is 539. The Hall–Kier alpha value is -1.26. The summed E-state index contributed by atoms with van der Waals surface area (Å²) in [5.41, 5.74) is 2.73. The summed E-state index contributed by atoms with van der Waals surface area (Å²) in [5.74, 6) is -0.159. The monoisotopic (exact) mass is 248 g/mol. The maximum atomic E-state index is 13.5. The predicted molar refractivity (Wildman–Crippen MR) is 67.7 cm³/mol. The Morgan fingerprint density at radius 2 is 2.29 bits per heavy atom. The predicted octanol–water partition coefficient (Wildman–Crippen LogP) is 2.90. The number of rotatable bonds is 1. The number of benzene rings is 1. The summed E-state index contributed by atoms with van der Waals surface area (Å²) >= 11 is 1.66. The number of thiazole rings is 1. The maximum absolute atomic E-state index is 13.5. The molecule has 0 radical (unpaired) electrons. The smallest absolute Gasteiger partial charge is 0.126 e. The van der Waals surface area contributed by atoms with E-state index in [0.29, 0.717) is 5.56 Å². The molecule has 3 rings (SSSR count). The first kappa shape index (κ1) is 10.9. The van der Waals surface area contributed by atoms with Crippen molar-refractivity contribution in [3.05, 3.63) is 40.2 Å². The number of nitrogens with one attached hydrogen (secondary N) is 1. The van der Waals surface area contributed by atoms with Gasteiger partial charge in [0.25, 0.3) is 0 Å². The molecule has 1 aliphatic rings. The second-order valence-electron chi connectivity index (χ2n) is 4.28. The van der Waals surface area contributed by atoms with Crippen LogP contribution in [0.3, 0.4) is 0 Å². The largest absolute Gasteiger partial charge is 0.311 e. The minimum absolute atomic E-state index is 0.159. The van der Waals surface area contributed by atoms with Gasteiger partial charge in [-0.2, -0.15) is 0 Å². The highest BCUT2D eigenvalue weighted by Gasteiger charge is 2.15. The number of fused-ring (bicyclic) bond motifs is 1. The molecule has 1 aromatic carbocycles. The van der Waals surface area contributed by atoms with E-state index in [-0.39, 0.29) is 5.82 Å². The molecule has 1 aromatic heterocycles. The van der Waals surface area contributed by atoms with Crippen LogP contribution in [0.15, 0.2) is 18.2 Å². The molecule has 0 spiro atoms. The van der Waals surface area contributed by atoms with Gasteiger partial charge in [-0.15, -0.1) is 11.3 Å². The number of nitrogens with zero attached hydrogens (tertiary/aromatic N) is 1. The fourth-order valence-corrected chi connectivity index (χ4v) is 3.05. The highest BCUT2D eigenvalue weighted by molar-refractivity contribution is 7.15. The lowest BCUT2D eigenvalue weighted by Crippen LogP contribution is -2.22. The van der Waals surface area contributed by atoms with Crippen molar-refractivity contribution in [3.63, 3.8) is 0 Å². The van der Waals surface area contributed by atoms with Crippen LogP contribution in [0.5, 0.6) is 0 Å². The number of hydrogen-bond donors (Lipinski definition) is 1. The molecule has 0 aliphatic carbocycles. The number of aryl methyl sites for hydroxylation is 1. The van der Waals surface area contributed by atoms with Gasteiger partial charge in [0.05, 0.1) is 5.69 Å². The third kappa shape index (κ3) is 1.98. The van der Waals surface area contributed by atoms with Gasteiger partial charge in [0.2, 0.25) is 0 Å². The Kier molecular flexibility index (Phi) is 2.68. The van der Waals surface area contributed by atoms with Crippen LogP contribution >= 0.6 is 11.3 Å². The van der Waals surface area contributed by atoms with Crippen molar-refractivity contribution >= 4 is 11.3 Å². The second-order valence-corrected chi connectivity index (χ2v) is 5.36. The van der Waals surface area contributed by atoms with E-state index in [1.54, 1.807) is 24.3 Å². The van der Waals surface area contributed by atoms with Gasteiger partial charge < -0.3 is 5.32 Å². The van der Waals surface area contributed by atoms with Crippen LogP contribution in [-0.2, 0) is 13.0 Å². The summed E-state index contributed by atoms with van der Waals surface area (Å²) in [4.78, 5) is 5.89. The first-order valence-electron chi connectivity index (χ1n) is 5.70. The lowest BCUT2D eigenvalue weighted by Gasteiger charge is -2.09. The highest BCUT2D eigenvalue weighted by Crippen LogP contribution is 2.30. The molecule has 2 nitrogen and oxygen atoms in total. The maximum Gasteiger partial charge on any atom is 0.126 e. The summed E-state index contributed by atoms with van der Waals surface area (Å²) < 4.78 is 13.5. The average molecular weight is 248 g/mol. The molecular weight excluding hydrogens is 235 g/mol. The zero-order chi connectivity index (χ0) is 11.8. The van der Waals surface area contributed by atoms with E-state index < -0.39 is 0 Å². The molecule has 0 atom stereocenters. The van der Waals surface area contributed by atoms with Crippen LogP contribution in [0.4, 0.5) is 4.39 Å². The van der Waals surface area contributed by atoms with E-state index in [0.717, 1.165) is 30.1 Å². The Balaban J connectivity index is 2.03. The van der Waals surface area contributed by atoms with E-state index in [9.17, 15) is 4.39 Å². The van der Waals surface area contributed by atoms with Gasteiger partial charge in [0, 0.05) is 30.0 Å². The minimum atomic E-state index is -0.159. The molecule has 1 aliphatic heterocycles. The summed E-state index contributed by atoms with van der Waals surface area (Å²) in [7, 11) is 0. The molecule has 0 saturated carbocycles. The van der Waals surface area contributed by atoms with Crippen molar-refractivity contribution in [3.8, 4) is 10.6 Å². The third-order valence-electron chi connectivity index (χ3n) is 3.02. The molecule has 17 heavy (non-hydrogen) atoms. The lowest BCUT2D eigenvalue weighted by atomic mass is 10.1. The molecule has 2 aromatic rings. The topological polar surface area (TPSA) is 24.9 Å². The van der Waals surface area contributed by atoms with Gasteiger partial charge in [0.1, 0.15) is 10.8 Å². The van der Waals surface area contributed by atoms with E-state index in [1.165, 1.54) is 10.6 Å². The first-order valence-corrected chi connectivity index (χ1v) is 6.51. The summed E-state index contributed by atoms with van der Waals surface area (Å²) in [6.45, 7) is 3.65. The minimum Gasteiger partial charge on any atom is -0.311 e. The van der Waals surface area contributed by atoms with Crippen molar-refractivity contribution in [2.75, 3.05) is 6.54 Å². The number of hydrogen-bond acceptors (Lipinski definition) is 3. The van der Waals surface area contributed by atoms with Gasteiger partial charge in [0.15, 0.2) is 0 Å². The van der Waals surface area contributed by atoms with Crippen molar-refractivity contribution in [2.45, 2.75) is 19.9 Å². The highest BCUT2D eigenvalue weighted by atomic mass is 32.1. The van der Waals surface area contributed by atoms with Crippen LogP contribution in [0.2, 0.25) is 0 Å². The van der Waals surface area contributed by atoms with E-state index in [4.69, 9.17) is 0 Å². The molecule has 0 bridgehead atoms. The normalized spacial score (nSPS) is 14.7. The fraction of sp³-hybridized carbons (Fsp3) is 0.308. The third-order valence-corrected chi connectivity index (χ3v) is 4.17. The molecule has 4 heteroatoms. The van der Waals surface area contributed by atoms with Crippen LogP contribution in [0.25, 0.3) is 10.6 Å². The molecule has 0 unspecified atom stereocenters. The van der Waals surface area contributed by atoms with Crippen molar-refractivity contribution in [1.82, 2.24) is 10.3 Å². The molecule has 0 fully saturated rings. The first-order chi connectivity index (χ1) is 8.24. The SMILES string of the molecule is Cc1ccc(-c2nc3c(s2)CNCC3)cc1F. The zero-order valence-electron chi connectivity index (χ0n) is 9.59. The van der Waals surface area contributed by atoms with Crippen molar-refractivity contribution in [1.29, 1.82) is 0 Å². The Labute approximate surface area is 104 Å². The van der Waals surface area contributed by atoms with E-state index in [2.05, 4.69) is 10.3 Å². The number of halogens is 1. The molecule has 88 valence electrons. The van der Waals surface area contributed by atoms with Crippen LogP contribution < -0.4 is 5.32 Å². The van der Waals surface area contributed by atoms with Crippen molar-refractivity contribution in [2.24, 2.45) is 0 Å².